The lowest BCUT2D eigenvalue weighted by molar-refractivity contribution is -0.173. The molecule has 1 fully saturated rings. The minimum atomic E-state index is -4.39. The second-order valence-corrected chi connectivity index (χ2v) is 5.85. The average molecular weight is 284 g/mol. The van der Waals surface area contributed by atoms with Crippen LogP contribution in [0.1, 0.15) is 20.8 Å². The fourth-order valence-electron chi connectivity index (χ4n) is 2.34. The zero-order chi connectivity index (χ0) is 14.1. The number of halogens is 3. The number of hydrogen-bond acceptors (Lipinski definition) is 3. The Morgan fingerprint density at radius 1 is 1.56 bits per heavy atom. The number of thiocarbonyl (C=S) groups is 1. The summed E-state index contributed by atoms with van der Waals surface area (Å²) in [4.78, 5) is 1.21. The smallest absolute Gasteiger partial charge is 0.393 e. The van der Waals surface area contributed by atoms with Crippen LogP contribution in [0.3, 0.4) is 0 Å². The molecule has 1 rings (SSSR count). The number of alkyl halides is 3. The van der Waals surface area contributed by atoms with Gasteiger partial charge in [0.25, 0.3) is 0 Å². The van der Waals surface area contributed by atoms with Crippen molar-refractivity contribution in [2.45, 2.75) is 38.7 Å². The maximum absolute atomic E-state index is 12.8. The maximum Gasteiger partial charge on any atom is 0.399 e. The second kappa shape index (κ2) is 5.30. The van der Waals surface area contributed by atoms with Gasteiger partial charge in [0, 0.05) is 19.6 Å². The highest BCUT2D eigenvalue weighted by Crippen LogP contribution is 2.29. The number of rotatable bonds is 3. The van der Waals surface area contributed by atoms with Crippen molar-refractivity contribution in [3.63, 3.8) is 0 Å². The molecule has 0 aromatic carbocycles. The highest BCUT2D eigenvalue weighted by molar-refractivity contribution is 7.80. The second-order valence-electron chi connectivity index (χ2n) is 5.38. The summed E-state index contributed by atoms with van der Waals surface area (Å²) in [5.41, 5.74) is 4.74. The van der Waals surface area contributed by atoms with E-state index in [1.54, 1.807) is 4.90 Å². The Balaban J connectivity index is 2.73. The first kappa shape index (κ1) is 15.7. The van der Waals surface area contributed by atoms with E-state index in [1.807, 2.05) is 20.8 Å². The molecule has 0 bridgehead atoms. The predicted octanol–water partition coefficient (Wildman–Crippen LogP) is 1.95. The third-order valence-electron chi connectivity index (χ3n) is 2.82. The minimum absolute atomic E-state index is 0.103. The van der Waals surface area contributed by atoms with Crippen molar-refractivity contribution in [2.75, 3.05) is 19.6 Å². The fourth-order valence-corrected chi connectivity index (χ4v) is 2.55. The topological polar surface area (TPSA) is 38.5 Å². The summed E-state index contributed by atoms with van der Waals surface area (Å²) in [6.45, 7) is 6.26. The standard InChI is InChI=1S/C11H19F3N2OS/c1-7-4-16(6-10(2,3)17-7)5-8(9(15)18)11(12,13)14/h7-8H,4-6H2,1-3H3,(H2,15,18). The normalized spacial score (nSPS) is 26.9. The molecule has 2 unspecified atom stereocenters. The van der Waals surface area contributed by atoms with E-state index in [-0.39, 0.29) is 12.6 Å². The van der Waals surface area contributed by atoms with Crippen molar-refractivity contribution in [3.05, 3.63) is 0 Å². The molecule has 1 aliphatic rings. The van der Waals surface area contributed by atoms with Gasteiger partial charge in [0.2, 0.25) is 0 Å². The highest BCUT2D eigenvalue weighted by atomic mass is 32.1. The molecule has 0 aromatic rings. The average Bonchev–Trinajstić information content (AvgIpc) is 2.08. The third kappa shape index (κ3) is 4.37. The zero-order valence-corrected chi connectivity index (χ0v) is 11.6. The number of ether oxygens (including phenoxy) is 1. The summed E-state index contributed by atoms with van der Waals surface area (Å²) in [7, 11) is 0. The largest absolute Gasteiger partial charge is 0.399 e. The van der Waals surface area contributed by atoms with Crippen LogP contribution in [0.25, 0.3) is 0 Å². The molecule has 1 saturated heterocycles. The zero-order valence-electron chi connectivity index (χ0n) is 10.8. The number of nitrogens with two attached hydrogens (primary N) is 1. The van der Waals surface area contributed by atoms with Gasteiger partial charge >= 0.3 is 6.18 Å². The van der Waals surface area contributed by atoms with Crippen LogP contribution in [0.2, 0.25) is 0 Å². The molecule has 2 N–H and O–H groups in total. The summed E-state index contributed by atoms with van der Waals surface area (Å²) in [6, 6.07) is 0. The van der Waals surface area contributed by atoms with Gasteiger partial charge in [-0.3, -0.25) is 4.90 Å². The molecular weight excluding hydrogens is 265 g/mol. The van der Waals surface area contributed by atoms with Crippen LogP contribution >= 0.6 is 12.2 Å². The van der Waals surface area contributed by atoms with Crippen LogP contribution in [0.5, 0.6) is 0 Å². The Hall–Kier alpha value is -0.400. The number of nitrogens with zero attached hydrogens (tertiary/aromatic N) is 1. The summed E-state index contributed by atoms with van der Waals surface area (Å²) in [6.07, 6.45) is -4.49. The SMILES string of the molecule is CC1CN(CC(C(N)=S)C(F)(F)F)CC(C)(C)O1. The Morgan fingerprint density at radius 3 is 2.50 bits per heavy atom. The molecule has 0 aromatic heterocycles. The Labute approximate surface area is 110 Å². The van der Waals surface area contributed by atoms with Crippen LogP contribution in [0, 0.1) is 5.92 Å². The predicted molar refractivity (Wildman–Crippen MR) is 67.4 cm³/mol. The molecule has 2 atom stereocenters. The van der Waals surface area contributed by atoms with Crippen LogP contribution < -0.4 is 5.73 Å². The highest BCUT2D eigenvalue weighted by Gasteiger charge is 2.44. The van der Waals surface area contributed by atoms with Crippen molar-refractivity contribution in [1.82, 2.24) is 4.90 Å². The third-order valence-corrected chi connectivity index (χ3v) is 3.10. The van der Waals surface area contributed by atoms with Gasteiger partial charge in [0.05, 0.1) is 16.7 Å². The molecule has 0 amide bonds. The van der Waals surface area contributed by atoms with E-state index in [0.29, 0.717) is 13.1 Å². The lowest BCUT2D eigenvalue weighted by atomic mass is 10.0. The van der Waals surface area contributed by atoms with E-state index < -0.39 is 22.7 Å². The first-order chi connectivity index (χ1) is 8.01. The Kier molecular flexibility index (Phi) is 4.61. The van der Waals surface area contributed by atoms with Gasteiger partial charge in [-0.05, 0) is 20.8 Å². The van der Waals surface area contributed by atoms with Crippen molar-refractivity contribution in [3.8, 4) is 0 Å². The van der Waals surface area contributed by atoms with E-state index in [4.69, 9.17) is 10.5 Å². The van der Waals surface area contributed by atoms with Gasteiger partial charge < -0.3 is 10.5 Å². The van der Waals surface area contributed by atoms with Gasteiger partial charge in [0.1, 0.15) is 5.92 Å². The summed E-state index contributed by atoms with van der Waals surface area (Å²) in [5.74, 6) is -1.76. The van der Waals surface area contributed by atoms with E-state index in [0.717, 1.165) is 0 Å². The van der Waals surface area contributed by atoms with Crippen molar-refractivity contribution in [1.29, 1.82) is 0 Å². The minimum Gasteiger partial charge on any atom is -0.393 e. The molecule has 18 heavy (non-hydrogen) atoms. The molecule has 106 valence electrons. The molecule has 0 aliphatic carbocycles. The first-order valence-corrected chi connectivity index (χ1v) is 6.18. The van der Waals surface area contributed by atoms with E-state index in [9.17, 15) is 13.2 Å². The molecule has 0 radical (unpaired) electrons. The Bertz CT molecular complexity index is 320. The molecular formula is C11H19F3N2OS. The number of morpholine rings is 1. The quantitative estimate of drug-likeness (QED) is 0.804. The molecule has 3 nitrogen and oxygen atoms in total. The van der Waals surface area contributed by atoms with Crippen molar-refractivity contribution in [2.24, 2.45) is 11.7 Å². The molecule has 0 spiro atoms. The maximum atomic E-state index is 12.8. The molecule has 0 saturated carbocycles. The van der Waals surface area contributed by atoms with Gasteiger partial charge in [-0.1, -0.05) is 12.2 Å². The van der Waals surface area contributed by atoms with Gasteiger partial charge in [0.15, 0.2) is 0 Å². The lowest BCUT2D eigenvalue weighted by Crippen LogP contribution is -2.55. The lowest BCUT2D eigenvalue weighted by Gasteiger charge is -2.42. The van der Waals surface area contributed by atoms with E-state index in [1.165, 1.54) is 0 Å². The van der Waals surface area contributed by atoms with Gasteiger partial charge in [-0.2, -0.15) is 13.2 Å². The Morgan fingerprint density at radius 2 is 2.11 bits per heavy atom. The molecule has 7 heteroatoms. The van der Waals surface area contributed by atoms with Crippen LogP contribution in [-0.2, 0) is 4.74 Å². The van der Waals surface area contributed by atoms with Gasteiger partial charge in [-0.25, -0.2) is 0 Å². The first-order valence-electron chi connectivity index (χ1n) is 5.77. The van der Waals surface area contributed by atoms with Crippen LogP contribution in [0.4, 0.5) is 13.2 Å². The van der Waals surface area contributed by atoms with Crippen molar-refractivity contribution < 1.29 is 17.9 Å². The van der Waals surface area contributed by atoms with E-state index >= 15 is 0 Å². The van der Waals surface area contributed by atoms with Crippen molar-refractivity contribution >= 4 is 17.2 Å². The summed E-state index contributed by atoms with van der Waals surface area (Å²) >= 11 is 4.52. The summed E-state index contributed by atoms with van der Waals surface area (Å²) in [5, 5.41) is 0. The molecule has 1 heterocycles. The number of hydrogen-bond donors (Lipinski definition) is 1. The van der Waals surface area contributed by atoms with E-state index in [2.05, 4.69) is 12.2 Å². The fraction of sp³-hybridized carbons (Fsp3) is 0.909. The monoisotopic (exact) mass is 284 g/mol. The molecule has 1 aliphatic heterocycles. The van der Waals surface area contributed by atoms with Crippen LogP contribution in [0.15, 0.2) is 0 Å². The van der Waals surface area contributed by atoms with Crippen LogP contribution in [-0.4, -0.2) is 47.4 Å². The van der Waals surface area contributed by atoms with Gasteiger partial charge in [-0.15, -0.1) is 0 Å². The summed E-state index contributed by atoms with van der Waals surface area (Å²) < 4.78 is 44.0.